The second kappa shape index (κ2) is 8.99. The van der Waals surface area contributed by atoms with Crippen LogP contribution in [0, 0.1) is 0 Å². The number of halogens is 1. The third-order valence-corrected chi connectivity index (χ3v) is 6.21. The van der Waals surface area contributed by atoms with Gasteiger partial charge in [0, 0.05) is 22.3 Å². The molecule has 1 aliphatic heterocycles. The smallest absolute Gasteiger partial charge is 0.345 e. The van der Waals surface area contributed by atoms with Crippen LogP contribution in [0.15, 0.2) is 58.6 Å². The summed E-state index contributed by atoms with van der Waals surface area (Å²) in [6.45, 7) is 3.32. The molecule has 0 aliphatic carbocycles. The van der Waals surface area contributed by atoms with Gasteiger partial charge in [-0.15, -0.1) is 4.40 Å². The number of allylic oxidation sites excluding steroid dienone is 1. The van der Waals surface area contributed by atoms with E-state index in [2.05, 4.69) is 9.71 Å². The molecule has 0 saturated heterocycles. The first-order chi connectivity index (χ1) is 14.7. The average molecular weight is 464 g/mol. The molecule has 0 saturated carbocycles. The maximum absolute atomic E-state index is 13.1. The topological polar surface area (TPSA) is 97.3 Å². The number of anilines is 1. The van der Waals surface area contributed by atoms with E-state index in [9.17, 15) is 13.2 Å². The van der Waals surface area contributed by atoms with E-state index in [1.165, 1.54) is 20.3 Å². The van der Waals surface area contributed by atoms with Gasteiger partial charge in [-0.25, -0.2) is 4.31 Å². The van der Waals surface area contributed by atoms with E-state index in [1.807, 2.05) is 0 Å². The Bertz CT molecular complexity index is 1180. The highest BCUT2D eigenvalue weighted by atomic mass is 35.5. The molecule has 0 radical (unpaired) electrons. The fourth-order valence-corrected chi connectivity index (χ4v) is 4.72. The molecule has 0 bridgehead atoms. The summed E-state index contributed by atoms with van der Waals surface area (Å²) in [5.41, 5.74) is 0.941. The largest absolute Gasteiger partial charge is 0.493 e. The van der Waals surface area contributed by atoms with Crippen LogP contribution < -0.4 is 14.8 Å². The van der Waals surface area contributed by atoms with E-state index in [0.717, 1.165) is 4.31 Å². The van der Waals surface area contributed by atoms with Gasteiger partial charge in [0.15, 0.2) is 11.5 Å². The van der Waals surface area contributed by atoms with Crippen LogP contribution in [0.5, 0.6) is 11.5 Å². The fraction of sp³-hybridized carbons (Fsp3) is 0.238. The zero-order valence-corrected chi connectivity index (χ0v) is 19.0. The molecule has 2 aromatic rings. The Morgan fingerprint density at radius 3 is 2.42 bits per heavy atom. The lowest BCUT2D eigenvalue weighted by molar-refractivity contribution is -0.114. The number of amides is 1. The number of ether oxygens (including phenoxy) is 2. The minimum Gasteiger partial charge on any atom is -0.493 e. The van der Waals surface area contributed by atoms with Crippen LogP contribution in [0.25, 0.3) is 0 Å². The lowest BCUT2D eigenvalue weighted by Crippen LogP contribution is -2.42. The summed E-state index contributed by atoms with van der Waals surface area (Å²) in [5.74, 6) is 0.286. The monoisotopic (exact) mass is 463 g/mol. The SMILES string of the molecule is COc1ccc(C2=NS(=O)(=O)N(C(C)C)C(C(=O)Nc3cccc(Cl)c3)=C2)cc1OC. The molecule has 2 aromatic carbocycles. The van der Waals surface area contributed by atoms with Gasteiger partial charge in [0.1, 0.15) is 5.70 Å². The molecular weight excluding hydrogens is 442 g/mol. The zero-order valence-electron chi connectivity index (χ0n) is 17.4. The fourth-order valence-electron chi connectivity index (χ4n) is 3.12. The van der Waals surface area contributed by atoms with Crippen molar-refractivity contribution >= 4 is 39.1 Å². The van der Waals surface area contributed by atoms with Crippen LogP contribution in [0.1, 0.15) is 19.4 Å². The molecule has 31 heavy (non-hydrogen) atoms. The van der Waals surface area contributed by atoms with Gasteiger partial charge in [0.05, 0.1) is 19.9 Å². The highest BCUT2D eigenvalue weighted by Crippen LogP contribution is 2.30. The van der Waals surface area contributed by atoms with E-state index in [1.54, 1.807) is 56.3 Å². The van der Waals surface area contributed by atoms with Gasteiger partial charge in [-0.1, -0.05) is 17.7 Å². The van der Waals surface area contributed by atoms with Crippen molar-refractivity contribution in [2.75, 3.05) is 19.5 Å². The first kappa shape index (κ1) is 22.6. The lowest BCUT2D eigenvalue weighted by atomic mass is 10.1. The predicted molar refractivity (Wildman–Crippen MR) is 120 cm³/mol. The Kier molecular flexibility index (Phi) is 6.56. The number of benzene rings is 2. The molecule has 1 N–H and O–H groups in total. The lowest BCUT2D eigenvalue weighted by Gasteiger charge is -2.30. The number of methoxy groups -OCH3 is 2. The van der Waals surface area contributed by atoms with Gasteiger partial charge in [-0.3, -0.25) is 4.79 Å². The average Bonchev–Trinajstić information content (AvgIpc) is 2.71. The van der Waals surface area contributed by atoms with Crippen molar-refractivity contribution in [1.29, 1.82) is 0 Å². The third-order valence-electron chi connectivity index (χ3n) is 4.44. The van der Waals surface area contributed by atoms with E-state index < -0.39 is 22.2 Å². The van der Waals surface area contributed by atoms with E-state index in [0.29, 0.717) is 27.8 Å². The Hall–Kier alpha value is -3.04. The molecule has 0 fully saturated rings. The molecule has 0 atom stereocenters. The standard InChI is InChI=1S/C21H22ClN3O5S/c1-13(2)25-18(21(26)23-16-7-5-6-15(22)11-16)12-17(24-31(25,27)28)14-8-9-19(29-3)20(10-14)30-4/h5-13H,1-4H3,(H,23,26). The van der Waals surface area contributed by atoms with Gasteiger partial charge in [0.25, 0.3) is 5.91 Å². The summed E-state index contributed by atoms with van der Waals surface area (Å²) >= 11 is 5.98. The van der Waals surface area contributed by atoms with E-state index in [-0.39, 0.29) is 11.4 Å². The van der Waals surface area contributed by atoms with Gasteiger partial charge in [-0.2, -0.15) is 8.42 Å². The molecule has 1 aliphatic rings. The number of nitrogens with one attached hydrogen (secondary N) is 1. The molecule has 164 valence electrons. The molecule has 0 aromatic heterocycles. The third kappa shape index (κ3) is 4.83. The number of carbonyl (C=O) groups is 1. The van der Waals surface area contributed by atoms with E-state index in [4.69, 9.17) is 21.1 Å². The van der Waals surface area contributed by atoms with Gasteiger partial charge in [-0.05, 0) is 56.3 Å². The Morgan fingerprint density at radius 1 is 1.10 bits per heavy atom. The summed E-state index contributed by atoms with van der Waals surface area (Å²) in [7, 11) is -1.18. The van der Waals surface area contributed by atoms with Crippen LogP contribution in [-0.4, -0.2) is 44.6 Å². The van der Waals surface area contributed by atoms with Crippen LogP contribution in [-0.2, 0) is 15.0 Å². The normalized spacial score (nSPS) is 15.2. The summed E-state index contributed by atoms with van der Waals surface area (Å²) < 4.78 is 41.3. The van der Waals surface area contributed by atoms with Crippen molar-refractivity contribution in [3.05, 3.63) is 64.8 Å². The summed E-state index contributed by atoms with van der Waals surface area (Å²) in [5, 5.41) is 3.13. The minimum atomic E-state index is -4.16. The molecule has 8 nitrogen and oxygen atoms in total. The Morgan fingerprint density at radius 2 is 1.81 bits per heavy atom. The summed E-state index contributed by atoms with van der Waals surface area (Å²) in [6, 6.07) is 10.9. The number of rotatable bonds is 6. The van der Waals surface area contributed by atoms with Crippen LogP contribution in [0.3, 0.4) is 0 Å². The maximum Gasteiger partial charge on any atom is 0.345 e. The predicted octanol–water partition coefficient (Wildman–Crippen LogP) is 3.64. The van der Waals surface area contributed by atoms with Crippen molar-refractivity contribution in [3.63, 3.8) is 0 Å². The Labute approximate surface area is 186 Å². The number of nitrogens with zero attached hydrogens (tertiary/aromatic N) is 2. The van der Waals surface area contributed by atoms with Crippen molar-refractivity contribution in [3.8, 4) is 11.5 Å². The number of hydrogen-bond donors (Lipinski definition) is 1. The first-order valence-electron chi connectivity index (χ1n) is 9.31. The number of hydrogen-bond acceptors (Lipinski definition) is 5. The molecule has 1 heterocycles. The molecule has 0 unspecified atom stereocenters. The van der Waals surface area contributed by atoms with Crippen molar-refractivity contribution in [2.24, 2.45) is 4.40 Å². The zero-order chi connectivity index (χ0) is 22.8. The van der Waals surface area contributed by atoms with Gasteiger partial charge < -0.3 is 14.8 Å². The van der Waals surface area contributed by atoms with Crippen LogP contribution in [0.4, 0.5) is 5.69 Å². The van der Waals surface area contributed by atoms with E-state index >= 15 is 0 Å². The summed E-state index contributed by atoms with van der Waals surface area (Å²) in [4.78, 5) is 13.1. The van der Waals surface area contributed by atoms with Crippen molar-refractivity contribution in [1.82, 2.24) is 4.31 Å². The molecule has 10 heteroatoms. The van der Waals surface area contributed by atoms with Gasteiger partial charge >= 0.3 is 10.2 Å². The van der Waals surface area contributed by atoms with Crippen molar-refractivity contribution in [2.45, 2.75) is 19.9 Å². The highest BCUT2D eigenvalue weighted by Gasteiger charge is 2.35. The molecule has 3 rings (SSSR count). The summed E-state index contributed by atoms with van der Waals surface area (Å²) in [6.07, 6.45) is 1.43. The molecule has 0 spiro atoms. The second-order valence-electron chi connectivity index (χ2n) is 6.91. The highest BCUT2D eigenvalue weighted by molar-refractivity contribution is 7.88. The maximum atomic E-state index is 13.1. The van der Waals surface area contributed by atoms with Crippen molar-refractivity contribution < 1.29 is 22.7 Å². The van der Waals surface area contributed by atoms with Crippen LogP contribution >= 0.6 is 11.6 Å². The molecular formula is C21H22ClN3O5S. The first-order valence-corrected chi connectivity index (χ1v) is 11.1. The van der Waals surface area contributed by atoms with Crippen LogP contribution in [0.2, 0.25) is 5.02 Å². The molecule has 1 amide bonds. The quantitative estimate of drug-likeness (QED) is 0.705. The minimum absolute atomic E-state index is 0.0604. The Balaban J connectivity index is 2.07. The van der Waals surface area contributed by atoms with Gasteiger partial charge in [0.2, 0.25) is 0 Å². The number of carbonyl (C=O) groups excluding carboxylic acids is 1. The second-order valence-corrected chi connectivity index (χ2v) is 8.82.